The van der Waals surface area contributed by atoms with Crippen molar-refractivity contribution in [2.24, 2.45) is 0 Å². The fraction of sp³-hybridized carbons (Fsp3) is 0.333. The van der Waals surface area contributed by atoms with Crippen LogP contribution in [-0.2, 0) is 11.2 Å². The van der Waals surface area contributed by atoms with Gasteiger partial charge in [0.25, 0.3) is 0 Å². The average molecular weight is 295 g/mol. The number of aromatic nitrogens is 1. The number of carbonyl (C=O) groups is 1. The second kappa shape index (κ2) is 6.18. The van der Waals surface area contributed by atoms with Crippen molar-refractivity contribution in [3.8, 4) is 0 Å². The van der Waals surface area contributed by atoms with Crippen LogP contribution in [0.3, 0.4) is 0 Å². The number of anilines is 3. The highest BCUT2D eigenvalue weighted by molar-refractivity contribution is 5.89. The molecule has 2 heterocycles. The van der Waals surface area contributed by atoms with E-state index in [1.807, 2.05) is 25.3 Å². The minimum absolute atomic E-state index is 0.0163. The van der Waals surface area contributed by atoms with Crippen molar-refractivity contribution in [1.29, 1.82) is 0 Å². The summed E-state index contributed by atoms with van der Waals surface area (Å²) in [5, 5.41) is 2.82. The number of hydrogen-bond donors (Lipinski definition) is 1. The van der Waals surface area contributed by atoms with Gasteiger partial charge in [0.05, 0.1) is 11.9 Å². The van der Waals surface area contributed by atoms with E-state index in [1.165, 1.54) is 11.3 Å². The van der Waals surface area contributed by atoms with Crippen molar-refractivity contribution >= 4 is 23.1 Å². The maximum absolute atomic E-state index is 11.6. The van der Waals surface area contributed by atoms with E-state index >= 15 is 0 Å². The minimum Gasteiger partial charge on any atom is -0.337 e. The van der Waals surface area contributed by atoms with Crippen molar-refractivity contribution in [1.82, 2.24) is 4.98 Å². The first-order valence-electron chi connectivity index (χ1n) is 7.82. The van der Waals surface area contributed by atoms with Crippen LogP contribution >= 0.6 is 0 Å². The summed E-state index contributed by atoms with van der Waals surface area (Å²) in [6.07, 6.45) is 4.25. The first kappa shape index (κ1) is 14.6. The molecule has 0 saturated carbocycles. The Morgan fingerprint density at radius 3 is 2.86 bits per heavy atom. The average Bonchev–Trinajstić information content (AvgIpc) is 2.84. The lowest BCUT2D eigenvalue weighted by Crippen LogP contribution is -2.24. The van der Waals surface area contributed by atoms with E-state index in [9.17, 15) is 4.79 Å². The lowest BCUT2D eigenvalue weighted by molar-refractivity contribution is -0.116. The molecule has 0 saturated heterocycles. The van der Waals surface area contributed by atoms with E-state index in [0.717, 1.165) is 18.5 Å². The third kappa shape index (κ3) is 2.82. The number of amides is 1. The predicted octanol–water partition coefficient (Wildman–Crippen LogP) is 3.90. The Morgan fingerprint density at radius 2 is 2.14 bits per heavy atom. The molecule has 1 aliphatic heterocycles. The summed E-state index contributed by atoms with van der Waals surface area (Å²) in [5.41, 5.74) is 3.68. The number of nitrogens with zero attached hydrogens (tertiary/aromatic N) is 2. The maximum Gasteiger partial charge on any atom is 0.225 e. The lowest BCUT2D eigenvalue weighted by Gasteiger charge is -2.24. The molecule has 1 N–H and O–H groups in total. The van der Waals surface area contributed by atoms with E-state index in [4.69, 9.17) is 0 Å². The Balaban J connectivity index is 1.80. The second-order valence-electron chi connectivity index (χ2n) is 5.75. The topological polar surface area (TPSA) is 45.2 Å². The summed E-state index contributed by atoms with van der Waals surface area (Å²) in [5.74, 6) is 0.630. The molecule has 0 fully saturated rings. The highest BCUT2D eigenvalue weighted by Gasteiger charge is 2.26. The Hall–Kier alpha value is -2.36. The molecule has 4 heteroatoms. The third-order valence-corrected chi connectivity index (χ3v) is 3.98. The number of para-hydroxylation sites is 1. The normalized spacial score (nSPS) is 16.5. The molecule has 1 aromatic heterocycles. The van der Waals surface area contributed by atoms with E-state index < -0.39 is 0 Å². The Kier molecular flexibility index (Phi) is 4.09. The summed E-state index contributed by atoms with van der Waals surface area (Å²) >= 11 is 0. The van der Waals surface area contributed by atoms with Gasteiger partial charge in [-0.15, -0.1) is 0 Å². The molecule has 0 aliphatic carbocycles. The number of rotatable bonds is 4. The molecule has 1 amide bonds. The molecule has 3 rings (SSSR count). The number of pyridine rings is 1. The quantitative estimate of drug-likeness (QED) is 0.930. The fourth-order valence-electron chi connectivity index (χ4n) is 2.99. The summed E-state index contributed by atoms with van der Waals surface area (Å²) in [6.45, 7) is 4.21. The van der Waals surface area contributed by atoms with E-state index in [0.29, 0.717) is 18.3 Å². The van der Waals surface area contributed by atoms with Gasteiger partial charge in [-0.2, -0.15) is 0 Å². The number of benzene rings is 1. The SMILES string of the molecule is CCCC(=O)Nc1ccc(N2c3ccccc3CC2C)cn1. The van der Waals surface area contributed by atoms with Crippen LogP contribution in [0.5, 0.6) is 0 Å². The molecule has 1 unspecified atom stereocenters. The Morgan fingerprint density at radius 1 is 1.32 bits per heavy atom. The number of fused-ring (bicyclic) bond motifs is 1. The second-order valence-corrected chi connectivity index (χ2v) is 5.75. The van der Waals surface area contributed by atoms with E-state index in [1.54, 1.807) is 0 Å². The zero-order chi connectivity index (χ0) is 15.5. The molecule has 0 spiro atoms. The molecule has 0 radical (unpaired) electrons. The molecule has 0 bridgehead atoms. The van der Waals surface area contributed by atoms with Crippen molar-refractivity contribution in [2.45, 2.75) is 39.2 Å². The maximum atomic E-state index is 11.6. The van der Waals surface area contributed by atoms with Gasteiger partial charge < -0.3 is 10.2 Å². The molecule has 2 aromatic rings. The molecular weight excluding hydrogens is 274 g/mol. The van der Waals surface area contributed by atoms with E-state index in [2.05, 4.69) is 46.4 Å². The van der Waals surface area contributed by atoms with Gasteiger partial charge in [-0.3, -0.25) is 4.79 Å². The molecule has 114 valence electrons. The van der Waals surface area contributed by atoms with Crippen LogP contribution in [0.1, 0.15) is 32.3 Å². The van der Waals surface area contributed by atoms with Gasteiger partial charge in [-0.1, -0.05) is 25.1 Å². The monoisotopic (exact) mass is 295 g/mol. The Labute approximate surface area is 131 Å². The van der Waals surface area contributed by atoms with Crippen LogP contribution in [0.2, 0.25) is 0 Å². The standard InChI is InChI=1S/C18H21N3O/c1-3-6-18(22)20-17-10-9-15(12-19-17)21-13(2)11-14-7-4-5-8-16(14)21/h4-5,7-10,12-13H,3,6,11H2,1-2H3,(H,19,20,22). The smallest absolute Gasteiger partial charge is 0.225 e. The highest BCUT2D eigenvalue weighted by Crippen LogP contribution is 2.37. The Bertz CT molecular complexity index is 666. The van der Waals surface area contributed by atoms with Gasteiger partial charge in [0.15, 0.2) is 0 Å². The molecule has 22 heavy (non-hydrogen) atoms. The van der Waals surface area contributed by atoms with Crippen LogP contribution in [0.4, 0.5) is 17.2 Å². The number of nitrogens with one attached hydrogen (secondary N) is 1. The summed E-state index contributed by atoms with van der Waals surface area (Å²) < 4.78 is 0. The first-order valence-corrected chi connectivity index (χ1v) is 7.82. The van der Waals surface area contributed by atoms with Crippen LogP contribution in [-0.4, -0.2) is 16.9 Å². The largest absolute Gasteiger partial charge is 0.337 e. The summed E-state index contributed by atoms with van der Waals surface area (Å²) in [7, 11) is 0. The zero-order valence-corrected chi connectivity index (χ0v) is 13.0. The van der Waals surface area contributed by atoms with Gasteiger partial charge in [0.1, 0.15) is 5.82 Å². The van der Waals surface area contributed by atoms with Crippen LogP contribution in [0.15, 0.2) is 42.6 Å². The predicted molar refractivity (Wildman–Crippen MR) is 89.5 cm³/mol. The molecule has 4 nitrogen and oxygen atoms in total. The molecule has 1 atom stereocenters. The minimum atomic E-state index is 0.0163. The van der Waals surface area contributed by atoms with Gasteiger partial charge >= 0.3 is 0 Å². The molecule has 1 aromatic carbocycles. The zero-order valence-electron chi connectivity index (χ0n) is 13.0. The summed E-state index contributed by atoms with van der Waals surface area (Å²) in [6, 6.07) is 12.8. The number of hydrogen-bond acceptors (Lipinski definition) is 3. The molecular formula is C18H21N3O. The highest BCUT2D eigenvalue weighted by atomic mass is 16.1. The number of carbonyl (C=O) groups excluding carboxylic acids is 1. The summed E-state index contributed by atoms with van der Waals surface area (Å²) in [4.78, 5) is 18.3. The van der Waals surface area contributed by atoms with Gasteiger partial charge in [0.2, 0.25) is 5.91 Å². The van der Waals surface area contributed by atoms with Crippen molar-refractivity contribution in [2.75, 3.05) is 10.2 Å². The van der Waals surface area contributed by atoms with Gasteiger partial charge in [-0.25, -0.2) is 4.98 Å². The van der Waals surface area contributed by atoms with E-state index in [-0.39, 0.29) is 5.91 Å². The van der Waals surface area contributed by atoms with Crippen LogP contribution in [0, 0.1) is 0 Å². The lowest BCUT2D eigenvalue weighted by atomic mass is 10.1. The fourth-order valence-corrected chi connectivity index (χ4v) is 2.99. The van der Waals surface area contributed by atoms with Crippen molar-refractivity contribution in [3.05, 3.63) is 48.2 Å². The third-order valence-electron chi connectivity index (χ3n) is 3.98. The van der Waals surface area contributed by atoms with Crippen LogP contribution in [0.25, 0.3) is 0 Å². The van der Waals surface area contributed by atoms with Crippen molar-refractivity contribution < 1.29 is 4.79 Å². The molecule has 1 aliphatic rings. The first-order chi connectivity index (χ1) is 10.7. The van der Waals surface area contributed by atoms with Gasteiger partial charge in [-0.05, 0) is 43.5 Å². The van der Waals surface area contributed by atoms with Crippen molar-refractivity contribution in [3.63, 3.8) is 0 Å². The van der Waals surface area contributed by atoms with Crippen LogP contribution < -0.4 is 10.2 Å². The van der Waals surface area contributed by atoms with Gasteiger partial charge in [0, 0.05) is 18.2 Å².